The van der Waals surface area contributed by atoms with E-state index in [0.717, 1.165) is 6.61 Å². The molecular weight excluding hydrogens is 168 g/mol. The van der Waals surface area contributed by atoms with Crippen LogP contribution >= 0.6 is 0 Å². The Morgan fingerprint density at radius 3 is 2.80 bits per heavy atom. The van der Waals surface area contributed by atoms with Gasteiger partial charge in [0.2, 0.25) is 0 Å². The van der Waals surface area contributed by atoms with Gasteiger partial charge in [0.05, 0.1) is 25.7 Å². The van der Waals surface area contributed by atoms with Crippen molar-refractivity contribution in [1.82, 2.24) is 0 Å². The van der Waals surface area contributed by atoms with E-state index in [4.69, 9.17) is 4.74 Å². The van der Waals surface area contributed by atoms with Crippen LogP contribution in [-0.4, -0.2) is 25.3 Å². The van der Waals surface area contributed by atoms with E-state index in [1.807, 2.05) is 0 Å². The molecule has 0 aromatic carbocycles. The second kappa shape index (κ2) is 4.88. The summed E-state index contributed by atoms with van der Waals surface area (Å²) in [6.45, 7) is 2.98. The maximum absolute atomic E-state index is 10.6. The van der Waals surface area contributed by atoms with E-state index in [2.05, 4.69) is 4.74 Å². The molecule has 0 aromatic rings. The molecular formula is C6H10O3Ti. The van der Waals surface area contributed by atoms with Crippen LogP contribution < -0.4 is 0 Å². The molecule has 0 aliphatic carbocycles. The molecule has 1 heterocycles. The third kappa shape index (κ3) is 4.04. The molecule has 10 heavy (non-hydrogen) atoms. The zero-order valence-corrected chi connectivity index (χ0v) is 7.48. The summed E-state index contributed by atoms with van der Waals surface area (Å²) in [5.41, 5.74) is 0. The molecule has 0 saturated carbocycles. The van der Waals surface area contributed by atoms with Crippen LogP contribution in [0, 0.1) is 0 Å². The number of ether oxygens (including phenoxy) is 2. The summed E-state index contributed by atoms with van der Waals surface area (Å²) in [4.78, 5) is 10.6. The molecule has 0 amide bonds. The van der Waals surface area contributed by atoms with Crippen LogP contribution in [0.3, 0.4) is 0 Å². The van der Waals surface area contributed by atoms with Gasteiger partial charge in [-0.3, -0.25) is 4.79 Å². The van der Waals surface area contributed by atoms with E-state index < -0.39 is 0 Å². The van der Waals surface area contributed by atoms with Crippen LogP contribution in [-0.2, 0) is 36.0 Å². The molecule has 0 N–H and O–H groups in total. The molecule has 1 aliphatic rings. The number of esters is 1. The van der Waals surface area contributed by atoms with Gasteiger partial charge < -0.3 is 9.47 Å². The van der Waals surface area contributed by atoms with E-state index >= 15 is 0 Å². The first-order valence-electron chi connectivity index (χ1n) is 3.10. The number of rotatable bonds is 3. The minimum atomic E-state index is -0.153. The first-order valence-corrected chi connectivity index (χ1v) is 3.10. The van der Waals surface area contributed by atoms with Crippen LogP contribution in [0.4, 0.5) is 0 Å². The first kappa shape index (κ1) is 10.1. The Hall–Kier alpha value is 0.144. The maximum Gasteiger partial charge on any atom is 0.308 e. The molecule has 3 nitrogen and oxygen atoms in total. The van der Waals surface area contributed by atoms with Gasteiger partial charge in [-0.05, 0) is 6.92 Å². The molecule has 0 spiro atoms. The topological polar surface area (TPSA) is 38.8 Å². The van der Waals surface area contributed by atoms with Crippen molar-refractivity contribution in [2.24, 2.45) is 0 Å². The molecule has 1 rings (SSSR count). The van der Waals surface area contributed by atoms with Crippen LogP contribution in [0.5, 0.6) is 0 Å². The third-order valence-corrected chi connectivity index (χ3v) is 1.10. The van der Waals surface area contributed by atoms with Crippen molar-refractivity contribution in [2.75, 3.05) is 13.2 Å². The summed E-state index contributed by atoms with van der Waals surface area (Å²) in [6.07, 6.45) is 0.581. The Labute approximate surface area is 75.0 Å². The summed E-state index contributed by atoms with van der Waals surface area (Å²) < 4.78 is 9.50. The zero-order chi connectivity index (χ0) is 6.69. The number of carbonyl (C=O) groups is 1. The molecule has 0 radical (unpaired) electrons. The SMILES string of the molecule is CCOC(=O)CC1CO1.[Ti]. The van der Waals surface area contributed by atoms with Gasteiger partial charge in [-0.2, -0.15) is 0 Å². The smallest absolute Gasteiger partial charge is 0.308 e. The number of hydrogen-bond acceptors (Lipinski definition) is 3. The van der Waals surface area contributed by atoms with Crippen LogP contribution in [0.25, 0.3) is 0 Å². The predicted molar refractivity (Wildman–Crippen MR) is 31.0 cm³/mol. The number of epoxide rings is 1. The van der Waals surface area contributed by atoms with E-state index in [1.54, 1.807) is 6.92 Å². The second-order valence-corrected chi connectivity index (χ2v) is 1.96. The van der Waals surface area contributed by atoms with Crippen molar-refractivity contribution in [3.05, 3.63) is 0 Å². The van der Waals surface area contributed by atoms with Gasteiger partial charge in [-0.1, -0.05) is 0 Å². The molecule has 1 saturated heterocycles. The van der Waals surface area contributed by atoms with Gasteiger partial charge in [-0.15, -0.1) is 0 Å². The Balaban J connectivity index is 0.000000810. The van der Waals surface area contributed by atoms with Crippen LogP contribution in [0.1, 0.15) is 13.3 Å². The van der Waals surface area contributed by atoms with Gasteiger partial charge in [-0.25, -0.2) is 0 Å². The van der Waals surface area contributed by atoms with Crippen molar-refractivity contribution in [1.29, 1.82) is 0 Å². The monoisotopic (exact) mass is 178 g/mol. The predicted octanol–water partition coefficient (Wildman–Crippen LogP) is 0.336. The van der Waals surface area contributed by atoms with E-state index in [1.165, 1.54) is 0 Å². The minimum Gasteiger partial charge on any atom is -0.466 e. The largest absolute Gasteiger partial charge is 0.466 e. The Kier molecular flexibility index (Phi) is 4.95. The van der Waals surface area contributed by atoms with E-state index in [9.17, 15) is 4.79 Å². The quantitative estimate of drug-likeness (QED) is 0.355. The number of carbonyl (C=O) groups excluding carboxylic acids is 1. The summed E-state index contributed by atoms with van der Waals surface area (Å²) in [5.74, 6) is -0.153. The summed E-state index contributed by atoms with van der Waals surface area (Å²) >= 11 is 0. The molecule has 1 fully saturated rings. The van der Waals surface area contributed by atoms with Crippen molar-refractivity contribution >= 4 is 5.97 Å². The van der Waals surface area contributed by atoms with Gasteiger partial charge in [0.25, 0.3) is 0 Å². The van der Waals surface area contributed by atoms with Gasteiger partial charge in [0.15, 0.2) is 0 Å². The number of hydrogen-bond donors (Lipinski definition) is 0. The molecule has 1 aliphatic heterocycles. The standard InChI is InChI=1S/C6H10O3.Ti/c1-2-8-6(7)3-5-4-9-5;/h5H,2-4H2,1H3;. The average molecular weight is 178 g/mol. The average Bonchev–Trinajstić information content (AvgIpc) is 2.50. The first-order chi connectivity index (χ1) is 4.33. The van der Waals surface area contributed by atoms with E-state index in [-0.39, 0.29) is 33.8 Å². The van der Waals surface area contributed by atoms with Gasteiger partial charge in [0, 0.05) is 21.7 Å². The molecule has 1 atom stereocenters. The molecule has 0 aromatic heterocycles. The minimum absolute atomic E-state index is 0. The molecule has 0 bridgehead atoms. The van der Waals surface area contributed by atoms with Crippen molar-refractivity contribution in [2.45, 2.75) is 19.4 Å². The second-order valence-electron chi connectivity index (χ2n) is 1.96. The van der Waals surface area contributed by atoms with Crippen LogP contribution in [0.15, 0.2) is 0 Å². The zero-order valence-electron chi connectivity index (χ0n) is 5.92. The molecule has 1 unspecified atom stereocenters. The Morgan fingerprint density at radius 1 is 1.80 bits per heavy atom. The van der Waals surface area contributed by atoms with Crippen LogP contribution in [0.2, 0.25) is 0 Å². The fraction of sp³-hybridized carbons (Fsp3) is 0.833. The van der Waals surface area contributed by atoms with Crippen molar-refractivity contribution in [3.63, 3.8) is 0 Å². The summed E-state index contributed by atoms with van der Waals surface area (Å²) in [6, 6.07) is 0. The van der Waals surface area contributed by atoms with Crippen molar-refractivity contribution in [3.8, 4) is 0 Å². The third-order valence-electron chi connectivity index (χ3n) is 1.10. The Morgan fingerprint density at radius 2 is 2.40 bits per heavy atom. The summed E-state index contributed by atoms with van der Waals surface area (Å²) in [5, 5.41) is 0. The maximum atomic E-state index is 10.6. The normalized spacial score (nSPS) is 21.1. The molecule has 56 valence electrons. The molecule has 4 heteroatoms. The Bertz CT molecular complexity index is 112. The van der Waals surface area contributed by atoms with Gasteiger partial charge in [0.1, 0.15) is 0 Å². The summed E-state index contributed by atoms with van der Waals surface area (Å²) in [7, 11) is 0. The van der Waals surface area contributed by atoms with Crippen molar-refractivity contribution < 1.29 is 36.0 Å². The fourth-order valence-corrected chi connectivity index (χ4v) is 0.592. The van der Waals surface area contributed by atoms with Gasteiger partial charge >= 0.3 is 5.97 Å². The fourth-order valence-electron chi connectivity index (χ4n) is 0.592. The van der Waals surface area contributed by atoms with E-state index in [0.29, 0.717) is 13.0 Å².